The Labute approximate surface area is 119 Å². The molecule has 19 heavy (non-hydrogen) atoms. The molecule has 0 saturated carbocycles. The van der Waals surface area contributed by atoms with Crippen LogP contribution in [0.2, 0.25) is 0 Å². The van der Waals surface area contributed by atoms with E-state index in [-0.39, 0.29) is 11.7 Å². The van der Waals surface area contributed by atoms with E-state index in [1.807, 2.05) is 31.2 Å². The van der Waals surface area contributed by atoms with Crippen LogP contribution >= 0.6 is 15.9 Å². The van der Waals surface area contributed by atoms with E-state index < -0.39 is 11.6 Å². The van der Waals surface area contributed by atoms with Crippen LogP contribution in [0.25, 0.3) is 0 Å². The average Bonchev–Trinajstić information content (AvgIpc) is 2.42. The highest BCUT2D eigenvalue weighted by Gasteiger charge is 2.13. The summed E-state index contributed by atoms with van der Waals surface area (Å²) < 4.78 is 27.8. The third-order valence-electron chi connectivity index (χ3n) is 2.96. The van der Waals surface area contributed by atoms with Gasteiger partial charge in [-0.3, -0.25) is 0 Å². The topological polar surface area (TPSA) is 12.0 Å². The zero-order valence-electron chi connectivity index (χ0n) is 10.5. The third-order valence-corrected chi connectivity index (χ3v) is 3.49. The SMILES string of the molecule is CCC(Nc1cccc(F)c1F)c1ccc(Br)cc1. The molecule has 0 amide bonds. The highest BCUT2D eigenvalue weighted by atomic mass is 79.9. The molecule has 2 aromatic carbocycles. The summed E-state index contributed by atoms with van der Waals surface area (Å²) in [6.45, 7) is 2.00. The molecule has 1 N–H and O–H groups in total. The van der Waals surface area contributed by atoms with Crippen LogP contribution in [0.1, 0.15) is 24.9 Å². The summed E-state index contributed by atoms with van der Waals surface area (Å²) in [5.74, 6) is -1.67. The van der Waals surface area contributed by atoms with Gasteiger partial charge in [-0.15, -0.1) is 0 Å². The van der Waals surface area contributed by atoms with Crippen molar-refractivity contribution in [3.05, 3.63) is 64.1 Å². The number of benzene rings is 2. The molecule has 0 spiro atoms. The molecule has 1 unspecified atom stereocenters. The van der Waals surface area contributed by atoms with E-state index in [0.717, 1.165) is 22.5 Å². The second-order valence-electron chi connectivity index (χ2n) is 4.26. The summed E-state index contributed by atoms with van der Waals surface area (Å²) in [4.78, 5) is 0. The van der Waals surface area contributed by atoms with E-state index in [4.69, 9.17) is 0 Å². The highest BCUT2D eigenvalue weighted by molar-refractivity contribution is 9.10. The van der Waals surface area contributed by atoms with E-state index in [1.54, 1.807) is 6.07 Å². The van der Waals surface area contributed by atoms with Crippen molar-refractivity contribution in [2.24, 2.45) is 0 Å². The number of rotatable bonds is 4. The summed E-state index contributed by atoms with van der Waals surface area (Å²) in [5, 5.41) is 3.04. The molecule has 1 atom stereocenters. The van der Waals surface area contributed by atoms with E-state index in [0.29, 0.717) is 0 Å². The Bertz CT molecular complexity index is 555. The minimum Gasteiger partial charge on any atom is -0.376 e. The monoisotopic (exact) mass is 325 g/mol. The first-order valence-corrected chi connectivity index (χ1v) is 6.87. The summed E-state index contributed by atoms with van der Waals surface area (Å²) in [7, 11) is 0. The standard InChI is InChI=1S/C15H14BrF2N/c1-2-13(10-6-8-11(16)9-7-10)19-14-5-3-4-12(17)15(14)18/h3-9,13,19H,2H2,1H3. The molecule has 0 aliphatic carbocycles. The van der Waals surface area contributed by atoms with Gasteiger partial charge in [0.1, 0.15) is 0 Å². The van der Waals surface area contributed by atoms with Crippen molar-refractivity contribution in [3.63, 3.8) is 0 Å². The summed E-state index contributed by atoms with van der Waals surface area (Å²) in [6.07, 6.45) is 0.775. The van der Waals surface area contributed by atoms with E-state index in [2.05, 4.69) is 21.2 Å². The van der Waals surface area contributed by atoms with Crippen molar-refractivity contribution in [1.82, 2.24) is 0 Å². The summed E-state index contributed by atoms with van der Waals surface area (Å²) >= 11 is 3.37. The van der Waals surface area contributed by atoms with Crippen molar-refractivity contribution in [1.29, 1.82) is 0 Å². The van der Waals surface area contributed by atoms with E-state index in [9.17, 15) is 8.78 Å². The third kappa shape index (κ3) is 3.32. The zero-order chi connectivity index (χ0) is 13.8. The Morgan fingerprint density at radius 2 is 1.79 bits per heavy atom. The maximum absolute atomic E-state index is 13.6. The van der Waals surface area contributed by atoms with Crippen molar-refractivity contribution in [2.75, 3.05) is 5.32 Å². The normalized spacial score (nSPS) is 12.2. The van der Waals surface area contributed by atoms with Crippen molar-refractivity contribution < 1.29 is 8.78 Å². The quantitative estimate of drug-likeness (QED) is 0.805. The molecule has 100 valence electrons. The maximum atomic E-state index is 13.6. The minimum atomic E-state index is -0.837. The first-order valence-electron chi connectivity index (χ1n) is 6.08. The predicted octanol–water partition coefficient (Wildman–Crippen LogP) is 5.29. The lowest BCUT2D eigenvalue weighted by Crippen LogP contribution is -2.11. The van der Waals surface area contributed by atoms with Crippen LogP contribution in [-0.4, -0.2) is 0 Å². The Hall–Kier alpha value is -1.42. The lowest BCUT2D eigenvalue weighted by Gasteiger charge is -2.19. The number of nitrogens with one attached hydrogen (secondary N) is 1. The van der Waals surface area contributed by atoms with Gasteiger partial charge in [0.25, 0.3) is 0 Å². The fourth-order valence-electron chi connectivity index (χ4n) is 1.92. The van der Waals surface area contributed by atoms with Gasteiger partial charge in [-0.2, -0.15) is 0 Å². The predicted molar refractivity (Wildman–Crippen MR) is 77.2 cm³/mol. The van der Waals surface area contributed by atoms with Crippen molar-refractivity contribution in [3.8, 4) is 0 Å². The smallest absolute Gasteiger partial charge is 0.181 e. The number of halogens is 3. The van der Waals surface area contributed by atoms with Gasteiger partial charge in [-0.1, -0.05) is 41.1 Å². The molecule has 2 rings (SSSR count). The van der Waals surface area contributed by atoms with Crippen LogP contribution in [0.5, 0.6) is 0 Å². The molecule has 0 aromatic heterocycles. The van der Waals surface area contributed by atoms with Crippen LogP contribution < -0.4 is 5.32 Å². The molecular weight excluding hydrogens is 312 g/mol. The molecule has 2 aromatic rings. The van der Waals surface area contributed by atoms with Gasteiger partial charge in [0.2, 0.25) is 0 Å². The average molecular weight is 326 g/mol. The van der Waals surface area contributed by atoms with Gasteiger partial charge in [-0.05, 0) is 36.2 Å². The molecule has 0 heterocycles. The first-order chi connectivity index (χ1) is 9.11. The number of hydrogen-bond acceptors (Lipinski definition) is 1. The lowest BCUT2D eigenvalue weighted by atomic mass is 10.0. The summed E-state index contributed by atoms with van der Waals surface area (Å²) in [6, 6.07) is 11.9. The Balaban J connectivity index is 2.24. The second kappa shape index (κ2) is 6.15. The van der Waals surface area contributed by atoms with Gasteiger partial charge in [0.15, 0.2) is 11.6 Å². The Kier molecular flexibility index (Phi) is 4.53. The molecule has 0 aliphatic heterocycles. The molecule has 0 saturated heterocycles. The summed E-state index contributed by atoms with van der Waals surface area (Å²) in [5.41, 5.74) is 1.23. The largest absolute Gasteiger partial charge is 0.376 e. The van der Waals surface area contributed by atoms with Gasteiger partial charge in [0.05, 0.1) is 11.7 Å². The molecular formula is C15H14BrF2N. The van der Waals surface area contributed by atoms with Crippen LogP contribution in [0, 0.1) is 11.6 Å². The van der Waals surface area contributed by atoms with Gasteiger partial charge in [0, 0.05) is 4.47 Å². The van der Waals surface area contributed by atoms with E-state index in [1.165, 1.54) is 6.07 Å². The van der Waals surface area contributed by atoms with Gasteiger partial charge >= 0.3 is 0 Å². The van der Waals surface area contributed by atoms with Crippen molar-refractivity contribution >= 4 is 21.6 Å². The Morgan fingerprint density at radius 3 is 2.42 bits per heavy atom. The lowest BCUT2D eigenvalue weighted by molar-refractivity contribution is 0.509. The molecule has 0 bridgehead atoms. The van der Waals surface area contributed by atoms with Crippen molar-refractivity contribution in [2.45, 2.75) is 19.4 Å². The minimum absolute atomic E-state index is 0.0515. The molecule has 4 heteroatoms. The van der Waals surface area contributed by atoms with Crippen LogP contribution in [0.4, 0.5) is 14.5 Å². The fraction of sp³-hybridized carbons (Fsp3) is 0.200. The number of hydrogen-bond donors (Lipinski definition) is 1. The van der Waals surface area contributed by atoms with Crippen LogP contribution in [0.3, 0.4) is 0 Å². The molecule has 0 fully saturated rings. The fourth-order valence-corrected chi connectivity index (χ4v) is 2.18. The molecule has 0 aliphatic rings. The van der Waals surface area contributed by atoms with E-state index >= 15 is 0 Å². The van der Waals surface area contributed by atoms with Gasteiger partial charge < -0.3 is 5.32 Å². The molecule has 1 nitrogen and oxygen atoms in total. The van der Waals surface area contributed by atoms with Gasteiger partial charge in [-0.25, -0.2) is 8.78 Å². The van der Waals surface area contributed by atoms with Crippen LogP contribution in [-0.2, 0) is 0 Å². The molecule has 0 radical (unpaired) electrons. The van der Waals surface area contributed by atoms with Crippen LogP contribution in [0.15, 0.2) is 46.9 Å². The highest BCUT2D eigenvalue weighted by Crippen LogP contribution is 2.26. The zero-order valence-corrected chi connectivity index (χ0v) is 12.0. The Morgan fingerprint density at radius 1 is 1.11 bits per heavy atom. The second-order valence-corrected chi connectivity index (χ2v) is 5.17. The first kappa shape index (κ1) is 14.0. The maximum Gasteiger partial charge on any atom is 0.181 e. The number of anilines is 1.